The van der Waals surface area contributed by atoms with Crippen LogP contribution in [0.4, 0.5) is 4.79 Å². The number of carbonyl (C=O) groups excluding carboxylic acids is 1. The van der Waals surface area contributed by atoms with Crippen LogP contribution in [0.3, 0.4) is 0 Å². The minimum atomic E-state index is -1.02. The van der Waals surface area contributed by atoms with Crippen LogP contribution in [0.25, 0.3) is 11.1 Å². The van der Waals surface area contributed by atoms with E-state index in [1.54, 1.807) is 6.92 Å². The number of rotatable bonds is 2. The number of hydrogen-bond acceptors (Lipinski definition) is 2. The van der Waals surface area contributed by atoms with Crippen LogP contribution in [0.2, 0.25) is 0 Å². The number of carboxylic acid groups (broad SMARTS) is 1. The molecule has 0 aromatic heterocycles. The van der Waals surface area contributed by atoms with Crippen LogP contribution in [0.1, 0.15) is 30.4 Å². The van der Waals surface area contributed by atoms with Crippen LogP contribution in [0.15, 0.2) is 48.5 Å². The van der Waals surface area contributed by atoms with E-state index in [4.69, 9.17) is 0 Å². The SMILES string of the molecule is C[C@@]1(C=O)C(C2c3ccccc3-c3ccccc32)CCN1C(=O)O. The maximum absolute atomic E-state index is 11.9. The van der Waals surface area contributed by atoms with Gasteiger partial charge in [-0.3, -0.25) is 4.90 Å². The summed E-state index contributed by atoms with van der Waals surface area (Å²) in [7, 11) is 0. The monoisotopic (exact) mass is 321 g/mol. The van der Waals surface area contributed by atoms with Gasteiger partial charge in [0.25, 0.3) is 0 Å². The molecule has 1 aliphatic heterocycles. The maximum Gasteiger partial charge on any atom is 0.408 e. The first-order chi connectivity index (χ1) is 11.6. The first-order valence-electron chi connectivity index (χ1n) is 8.23. The summed E-state index contributed by atoms with van der Waals surface area (Å²) in [5.41, 5.74) is 3.79. The van der Waals surface area contributed by atoms with Crippen LogP contribution in [-0.4, -0.2) is 34.5 Å². The summed E-state index contributed by atoms with van der Waals surface area (Å²) in [6.07, 6.45) is 0.490. The van der Waals surface area contributed by atoms with Crippen LogP contribution < -0.4 is 0 Å². The molecule has 1 saturated heterocycles. The zero-order valence-corrected chi connectivity index (χ0v) is 13.5. The van der Waals surface area contributed by atoms with Crippen molar-refractivity contribution in [2.24, 2.45) is 5.92 Å². The highest BCUT2D eigenvalue weighted by Gasteiger charge is 2.52. The second kappa shape index (κ2) is 5.20. The lowest BCUT2D eigenvalue weighted by Crippen LogP contribution is -2.50. The number of amides is 1. The summed E-state index contributed by atoms with van der Waals surface area (Å²) in [6, 6.07) is 16.5. The molecule has 1 amide bonds. The Hall–Kier alpha value is -2.62. The third kappa shape index (κ3) is 1.86. The van der Waals surface area contributed by atoms with Crippen molar-refractivity contribution in [1.82, 2.24) is 4.90 Å². The molecular weight excluding hydrogens is 302 g/mol. The second-order valence-corrected chi connectivity index (χ2v) is 6.83. The Labute approximate surface area is 140 Å². The van der Waals surface area contributed by atoms with Crippen LogP contribution in [0.5, 0.6) is 0 Å². The Morgan fingerprint density at radius 3 is 2.17 bits per heavy atom. The number of aldehydes is 1. The molecule has 4 rings (SSSR count). The number of nitrogens with zero attached hydrogens (tertiary/aromatic N) is 1. The quantitative estimate of drug-likeness (QED) is 0.857. The minimum Gasteiger partial charge on any atom is -0.465 e. The van der Waals surface area contributed by atoms with Gasteiger partial charge in [0.05, 0.1) is 0 Å². The summed E-state index contributed by atoms with van der Waals surface area (Å²) < 4.78 is 0. The van der Waals surface area contributed by atoms with Gasteiger partial charge in [-0.1, -0.05) is 48.5 Å². The van der Waals surface area contributed by atoms with E-state index >= 15 is 0 Å². The molecule has 0 spiro atoms. The van der Waals surface area contributed by atoms with E-state index in [2.05, 4.69) is 24.3 Å². The fourth-order valence-corrected chi connectivity index (χ4v) is 4.59. The van der Waals surface area contributed by atoms with Gasteiger partial charge in [-0.2, -0.15) is 0 Å². The first kappa shape index (κ1) is 14.9. The number of hydrogen-bond donors (Lipinski definition) is 1. The lowest BCUT2D eigenvalue weighted by atomic mass is 9.74. The number of fused-ring (bicyclic) bond motifs is 3. The van der Waals surface area contributed by atoms with Gasteiger partial charge in [0.1, 0.15) is 11.8 Å². The lowest BCUT2D eigenvalue weighted by molar-refractivity contribution is -0.117. The zero-order valence-electron chi connectivity index (χ0n) is 13.5. The van der Waals surface area contributed by atoms with Crippen molar-refractivity contribution in [3.05, 3.63) is 59.7 Å². The van der Waals surface area contributed by atoms with E-state index in [9.17, 15) is 14.7 Å². The van der Waals surface area contributed by atoms with E-state index < -0.39 is 11.6 Å². The molecule has 1 unspecified atom stereocenters. The number of benzene rings is 2. The normalized spacial score (nSPS) is 25.4. The van der Waals surface area contributed by atoms with Gasteiger partial charge in [0.2, 0.25) is 0 Å². The van der Waals surface area contributed by atoms with Gasteiger partial charge in [-0.25, -0.2) is 4.79 Å². The molecule has 0 radical (unpaired) electrons. The molecule has 1 fully saturated rings. The van der Waals surface area contributed by atoms with Crippen LogP contribution >= 0.6 is 0 Å². The Balaban J connectivity index is 1.88. The molecular formula is C20H19NO3. The molecule has 2 aromatic rings. The number of carbonyl (C=O) groups is 2. The molecule has 1 heterocycles. The van der Waals surface area contributed by atoms with Gasteiger partial charge >= 0.3 is 6.09 Å². The Kier molecular flexibility index (Phi) is 3.23. The molecule has 2 atom stereocenters. The summed E-state index contributed by atoms with van der Waals surface area (Å²) in [5, 5.41) is 9.50. The highest BCUT2D eigenvalue weighted by molar-refractivity contribution is 5.81. The predicted molar refractivity (Wildman–Crippen MR) is 91.0 cm³/mol. The molecule has 4 heteroatoms. The molecule has 4 nitrogen and oxygen atoms in total. The summed E-state index contributed by atoms with van der Waals surface area (Å²) in [5.74, 6) is -0.00662. The molecule has 1 N–H and O–H groups in total. The van der Waals surface area contributed by atoms with Crippen molar-refractivity contribution in [2.75, 3.05) is 6.54 Å². The van der Waals surface area contributed by atoms with Crippen molar-refractivity contribution in [3.8, 4) is 11.1 Å². The van der Waals surface area contributed by atoms with Gasteiger partial charge in [-0.05, 0) is 35.6 Å². The first-order valence-corrected chi connectivity index (χ1v) is 8.23. The van der Waals surface area contributed by atoms with Crippen molar-refractivity contribution < 1.29 is 14.7 Å². The van der Waals surface area contributed by atoms with E-state index in [1.807, 2.05) is 24.3 Å². The minimum absolute atomic E-state index is 0.0527. The largest absolute Gasteiger partial charge is 0.465 e. The highest BCUT2D eigenvalue weighted by atomic mass is 16.4. The third-order valence-corrected chi connectivity index (χ3v) is 5.75. The standard InChI is InChI=1S/C20H19NO3/c1-20(12-22)17(10-11-21(20)19(23)24)18-15-8-4-2-6-13(15)14-7-3-5-9-16(14)18/h2-9,12,17-18H,10-11H2,1H3,(H,23,24)/t17?,20-/m1/s1. The molecule has 2 aliphatic rings. The molecule has 0 bridgehead atoms. The van der Waals surface area contributed by atoms with Crippen molar-refractivity contribution in [1.29, 1.82) is 0 Å². The molecule has 2 aromatic carbocycles. The van der Waals surface area contributed by atoms with Gasteiger partial charge < -0.3 is 9.90 Å². The average molecular weight is 321 g/mol. The van der Waals surface area contributed by atoms with Gasteiger partial charge in [0.15, 0.2) is 0 Å². The Bertz CT molecular complexity index is 786. The zero-order chi connectivity index (χ0) is 16.9. The Morgan fingerprint density at radius 2 is 1.67 bits per heavy atom. The van der Waals surface area contributed by atoms with Crippen molar-refractivity contribution in [3.63, 3.8) is 0 Å². The van der Waals surface area contributed by atoms with E-state index in [-0.39, 0.29) is 11.8 Å². The summed E-state index contributed by atoms with van der Waals surface area (Å²) in [6.45, 7) is 2.16. The van der Waals surface area contributed by atoms with Crippen molar-refractivity contribution in [2.45, 2.75) is 24.8 Å². The molecule has 24 heavy (non-hydrogen) atoms. The van der Waals surface area contributed by atoms with E-state index in [0.717, 1.165) is 6.29 Å². The Morgan fingerprint density at radius 1 is 1.12 bits per heavy atom. The summed E-state index contributed by atoms with van der Waals surface area (Å²) in [4.78, 5) is 24.8. The predicted octanol–water partition coefficient (Wildman–Crippen LogP) is 3.76. The number of likely N-dealkylation sites (tertiary alicyclic amines) is 1. The summed E-state index contributed by atoms with van der Waals surface area (Å²) >= 11 is 0. The van der Waals surface area contributed by atoms with Gasteiger partial charge in [0, 0.05) is 18.4 Å². The third-order valence-electron chi connectivity index (χ3n) is 5.75. The lowest BCUT2D eigenvalue weighted by Gasteiger charge is -2.36. The van der Waals surface area contributed by atoms with Crippen molar-refractivity contribution >= 4 is 12.4 Å². The van der Waals surface area contributed by atoms with Crippen LogP contribution in [0, 0.1) is 5.92 Å². The highest BCUT2D eigenvalue weighted by Crippen LogP contribution is 2.53. The van der Waals surface area contributed by atoms with E-state index in [1.165, 1.54) is 27.2 Å². The topological polar surface area (TPSA) is 57.6 Å². The maximum atomic E-state index is 11.9. The molecule has 122 valence electrons. The fourth-order valence-electron chi connectivity index (χ4n) is 4.59. The molecule has 0 saturated carbocycles. The smallest absolute Gasteiger partial charge is 0.408 e. The van der Waals surface area contributed by atoms with E-state index in [0.29, 0.717) is 13.0 Å². The van der Waals surface area contributed by atoms with Gasteiger partial charge in [-0.15, -0.1) is 0 Å². The molecule has 1 aliphatic carbocycles. The average Bonchev–Trinajstić information content (AvgIpc) is 3.10. The fraction of sp³-hybridized carbons (Fsp3) is 0.300. The van der Waals surface area contributed by atoms with Crippen LogP contribution in [-0.2, 0) is 4.79 Å². The second-order valence-electron chi connectivity index (χ2n) is 6.83.